The maximum Gasteiger partial charge on any atom is 0.416 e. The number of nitriles is 1. The lowest BCUT2D eigenvalue weighted by atomic mass is 9.83. The number of halogens is 3. The van der Waals surface area contributed by atoms with Gasteiger partial charge < -0.3 is 14.6 Å². The number of methoxy groups -OCH3 is 1. The fraction of sp³-hybridized carbons (Fsp3) is 0.200. The summed E-state index contributed by atoms with van der Waals surface area (Å²) in [4.78, 5) is 5.32. The Morgan fingerprint density at radius 3 is 2.33 bits per heavy atom. The Bertz CT molecular complexity index is 758. The SMILES string of the molecule is COc1ccnc(N(B(C)O)c2ccc(C(F)(F)F)cc2)c1C#N. The van der Waals surface area contributed by atoms with Gasteiger partial charge in [0.15, 0.2) is 0 Å². The van der Waals surface area contributed by atoms with Crippen molar-refractivity contribution in [2.75, 3.05) is 11.9 Å². The summed E-state index contributed by atoms with van der Waals surface area (Å²) in [6, 6.07) is 7.63. The van der Waals surface area contributed by atoms with Crippen LogP contribution in [0.2, 0.25) is 6.82 Å². The standard InChI is InChI=1S/C15H13BF3N3O2/c1-16(23)22(11-5-3-10(4-6-11)15(17,18)19)14-12(9-20)13(24-2)7-8-21-14/h3-8,23H,1-2H3. The molecule has 0 aliphatic rings. The van der Waals surface area contributed by atoms with Gasteiger partial charge in [0.05, 0.1) is 12.7 Å². The van der Waals surface area contributed by atoms with E-state index in [2.05, 4.69) is 4.98 Å². The number of anilines is 2. The van der Waals surface area contributed by atoms with E-state index in [1.54, 1.807) is 0 Å². The molecule has 0 aliphatic heterocycles. The summed E-state index contributed by atoms with van der Waals surface area (Å²) in [7, 11) is 0.249. The molecule has 0 unspecified atom stereocenters. The van der Waals surface area contributed by atoms with Crippen molar-refractivity contribution in [2.24, 2.45) is 0 Å². The zero-order chi connectivity index (χ0) is 17.9. The zero-order valence-electron chi connectivity index (χ0n) is 12.9. The van der Waals surface area contributed by atoms with E-state index in [0.717, 1.165) is 12.1 Å². The molecule has 2 rings (SSSR count). The predicted octanol–water partition coefficient (Wildman–Crippen LogP) is 3.23. The fourth-order valence-electron chi connectivity index (χ4n) is 2.22. The van der Waals surface area contributed by atoms with Gasteiger partial charge in [-0.2, -0.15) is 18.4 Å². The highest BCUT2D eigenvalue weighted by Gasteiger charge is 2.31. The van der Waals surface area contributed by atoms with Gasteiger partial charge in [-0.25, -0.2) is 4.98 Å². The molecule has 1 aromatic heterocycles. The van der Waals surface area contributed by atoms with E-state index >= 15 is 0 Å². The predicted molar refractivity (Wildman–Crippen MR) is 82.9 cm³/mol. The summed E-state index contributed by atoms with van der Waals surface area (Å²) < 4.78 is 43.1. The Kier molecular flexibility index (Phi) is 5.00. The van der Waals surface area contributed by atoms with Gasteiger partial charge in [0.1, 0.15) is 23.2 Å². The zero-order valence-corrected chi connectivity index (χ0v) is 12.9. The first-order chi connectivity index (χ1) is 11.3. The molecule has 1 aromatic carbocycles. The fourth-order valence-corrected chi connectivity index (χ4v) is 2.22. The van der Waals surface area contributed by atoms with Crippen molar-refractivity contribution in [1.29, 1.82) is 5.26 Å². The summed E-state index contributed by atoms with van der Waals surface area (Å²) in [5, 5.41) is 19.4. The highest BCUT2D eigenvalue weighted by Crippen LogP contribution is 2.34. The minimum atomic E-state index is -4.46. The van der Waals surface area contributed by atoms with Crippen LogP contribution in [0.25, 0.3) is 0 Å². The number of alkyl halides is 3. The summed E-state index contributed by atoms with van der Waals surface area (Å²) in [6.07, 6.45) is -3.07. The molecule has 0 fully saturated rings. The smallest absolute Gasteiger partial charge is 0.416 e. The van der Waals surface area contributed by atoms with E-state index in [-0.39, 0.29) is 22.8 Å². The Morgan fingerprint density at radius 2 is 1.88 bits per heavy atom. The Balaban J connectivity index is 2.54. The topological polar surface area (TPSA) is 69.4 Å². The quantitative estimate of drug-likeness (QED) is 0.869. The Hall–Kier alpha value is -2.73. The van der Waals surface area contributed by atoms with Crippen LogP contribution in [0.1, 0.15) is 11.1 Å². The van der Waals surface area contributed by atoms with Gasteiger partial charge in [0.25, 0.3) is 0 Å². The molecule has 1 heterocycles. The largest absolute Gasteiger partial charge is 0.495 e. The molecule has 0 saturated carbocycles. The lowest BCUT2D eigenvalue weighted by Crippen LogP contribution is -2.34. The third-order valence-electron chi connectivity index (χ3n) is 3.30. The van der Waals surface area contributed by atoms with Crippen LogP contribution in [-0.2, 0) is 6.18 Å². The monoisotopic (exact) mass is 335 g/mol. The van der Waals surface area contributed by atoms with Gasteiger partial charge in [0, 0.05) is 11.9 Å². The van der Waals surface area contributed by atoms with Gasteiger partial charge in [-0.05, 0) is 37.2 Å². The average molecular weight is 335 g/mol. The highest BCUT2D eigenvalue weighted by atomic mass is 19.4. The summed E-state index contributed by atoms with van der Waals surface area (Å²) in [5.41, 5.74) is -0.480. The maximum atomic E-state index is 12.7. The molecule has 0 saturated heterocycles. The molecule has 24 heavy (non-hydrogen) atoms. The van der Waals surface area contributed by atoms with Crippen LogP contribution in [0.15, 0.2) is 36.5 Å². The van der Waals surface area contributed by atoms with Crippen molar-refractivity contribution in [3.05, 3.63) is 47.7 Å². The van der Waals surface area contributed by atoms with Crippen molar-refractivity contribution < 1.29 is 22.9 Å². The number of ether oxygens (including phenoxy) is 1. The van der Waals surface area contributed by atoms with Crippen LogP contribution in [0.3, 0.4) is 0 Å². The van der Waals surface area contributed by atoms with Gasteiger partial charge in [-0.1, -0.05) is 0 Å². The second-order valence-corrected chi connectivity index (χ2v) is 4.87. The number of rotatable bonds is 4. The average Bonchev–Trinajstić information content (AvgIpc) is 2.54. The molecule has 9 heteroatoms. The number of benzene rings is 1. The van der Waals surface area contributed by atoms with Gasteiger partial charge in [-0.3, -0.25) is 0 Å². The van der Waals surface area contributed by atoms with E-state index in [1.165, 1.54) is 43.1 Å². The maximum absolute atomic E-state index is 12.7. The summed E-state index contributed by atoms with van der Waals surface area (Å²) in [6.45, 7) is 1.42. The van der Waals surface area contributed by atoms with Crippen molar-refractivity contribution in [1.82, 2.24) is 4.98 Å². The minimum absolute atomic E-state index is 0.0702. The van der Waals surface area contributed by atoms with Crippen molar-refractivity contribution in [3.63, 3.8) is 0 Å². The van der Waals surface area contributed by atoms with Crippen LogP contribution in [0.4, 0.5) is 24.7 Å². The van der Waals surface area contributed by atoms with Crippen LogP contribution in [0.5, 0.6) is 5.75 Å². The highest BCUT2D eigenvalue weighted by molar-refractivity contribution is 6.55. The molecule has 0 amide bonds. The molecule has 5 nitrogen and oxygen atoms in total. The number of aromatic nitrogens is 1. The second-order valence-electron chi connectivity index (χ2n) is 4.87. The molecule has 0 radical (unpaired) electrons. The molecular formula is C15H13BF3N3O2. The lowest BCUT2D eigenvalue weighted by molar-refractivity contribution is -0.137. The first-order valence-electron chi connectivity index (χ1n) is 6.87. The van der Waals surface area contributed by atoms with Gasteiger partial charge >= 0.3 is 13.2 Å². The Labute approximate surface area is 137 Å². The lowest BCUT2D eigenvalue weighted by Gasteiger charge is -2.26. The third-order valence-corrected chi connectivity index (χ3v) is 3.30. The van der Waals surface area contributed by atoms with Gasteiger partial charge in [-0.15, -0.1) is 0 Å². The van der Waals surface area contributed by atoms with Crippen LogP contribution >= 0.6 is 0 Å². The van der Waals surface area contributed by atoms with Crippen LogP contribution in [-0.4, -0.2) is 24.2 Å². The minimum Gasteiger partial charge on any atom is -0.495 e. The molecule has 124 valence electrons. The Morgan fingerprint density at radius 1 is 1.25 bits per heavy atom. The van der Waals surface area contributed by atoms with Crippen molar-refractivity contribution in [3.8, 4) is 11.8 Å². The molecule has 0 bridgehead atoms. The van der Waals surface area contributed by atoms with E-state index < -0.39 is 18.8 Å². The van der Waals surface area contributed by atoms with E-state index in [1.807, 2.05) is 6.07 Å². The second kappa shape index (κ2) is 6.80. The van der Waals surface area contributed by atoms with E-state index in [4.69, 9.17) is 4.74 Å². The van der Waals surface area contributed by atoms with Crippen LogP contribution < -0.4 is 9.55 Å². The molecule has 0 aliphatic carbocycles. The number of hydrogen-bond acceptors (Lipinski definition) is 5. The first kappa shape index (κ1) is 17.6. The summed E-state index contributed by atoms with van der Waals surface area (Å²) in [5.74, 6) is 0.340. The van der Waals surface area contributed by atoms with E-state index in [9.17, 15) is 23.5 Å². The van der Waals surface area contributed by atoms with E-state index in [0.29, 0.717) is 0 Å². The van der Waals surface area contributed by atoms with Crippen molar-refractivity contribution >= 4 is 18.6 Å². The number of nitrogens with zero attached hydrogens (tertiary/aromatic N) is 3. The van der Waals surface area contributed by atoms with Gasteiger partial charge in [0.2, 0.25) is 0 Å². The molecule has 0 spiro atoms. The number of hydrogen-bond donors (Lipinski definition) is 1. The molecule has 2 aromatic rings. The molecule has 1 N–H and O–H groups in total. The normalized spacial score (nSPS) is 10.9. The summed E-state index contributed by atoms with van der Waals surface area (Å²) >= 11 is 0. The number of pyridine rings is 1. The van der Waals surface area contributed by atoms with Crippen molar-refractivity contribution in [2.45, 2.75) is 13.0 Å². The third kappa shape index (κ3) is 3.44. The van der Waals surface area contributed by atoms with Crippen LogP contribution in [0, 0.1) is 11.3 Å². The first-order valence-corrected chi connectivity index (χ1v) is 6.87. The molecule has 0 atom stereocenters. The molecular weight excluding hydrogens is 322 g/mol.